The smallest absolute Gasteiger partial charge is 0.243 e. The van der Waals surface area contributed by atoms with Crippen LogP contribution in [0.15, 0.2) is 51.8 Å². The molecule has 0 bridgehead atoms. The van der Waals surface area contributed by atoms with Gasteiger partial charge < -0.3 is 10.1 Å². The second-order valence-electron chi connectivity index (χ2n) is 5.11. The maximum absolute atomic E-state index is 12.5. The highest BCUT2D eigenvalue weighted by molar-refractivity contribution is 9.10. The zero-order chi connectivity index (χ0) is 18.6. The highest BCUT2D eigenvalue weighted by Gasteiger charge is 2.23. The summed E-state index contributed by atoms with van der Waals surface area (Å²) in [5.74, 6) is -0.0174. The molecule has 0 radical (unpaired) electrons. The monoisotopic (exact) mass is 446 g/mol. The van der Waals surface area contributed by atoms with Crippen LogP contribution in [0.2, 0.25) is 5.02 Å². The van der Waals surface area contributed by atoms with Gasteiger partial charge in [0.05, 0.1) is 24.2 Å². The van der Waals surface area contributed by atoms with Crippen molar-refractivity contribution in [3.63, 3.8) is 0 Å². The molecule has 1 amide bonds. The summed E-state index contributed by atoms with van der Waals surface area (Å²) >= 11 is 9.08. The molecule has 0 unspecified atom stereocenters. The number of methoxy groups -OCH3 is 1. The highest BCUT2D eigenvalue weighted by Crippen LogP contribution is 2.28. The van der Waals surface area contributed by atoms with E-state index in [1.807, 2.05) is 0 Å². The molecule has 6 nitrogen and oxygen atoms in total. The van der Waals surface area contributed by atoms with E-state index in [1.165, 1.54) is 38.4 Å². The molecule has 0 fully saturated rings. The van der Waals surface area contributed by atoms with Gasteiger partial charge in [0.1, 0.15) is 5.75 Å². The second kappa shape index (κ2) is 8.18. The van der Waals surface area contributed by atoms with Crippen molar-refractivity contribution in [2.45, 2.75) is 4.90 Å². The van der Waals surface area contributed by atoms with E-state index in [0.717, 1.165) is 8.78 Å². The van der Waals surface area contributed by atoms with E-state index >= 15 is 0 Å². The van der Waals surface area contributed by atoms with Crippen molar-refractivity contribution in [3.8, 4) is 5.75 Å². The number of ether oxygens (including phenoxy) is 1. The Labute approximate surface area is 159 Å². The van der Waals surface area contributed by atoms with Gasteiger partial charge in [-0.05, 0) is 42.5 Å². The summed E-state index contributed by atoms with van der Waals surface area (Å²) in [5.41, 5.74) is 0.444. The maximum atomic E-state index is 12.5. The van der Waals surface area contributed by atoms with Gasteiger partial charge in [0.15, 0.2) is 0 Å². The molecule has 2 aromatic carbocycles. The lowest BCUT2D eigenvalue weighted by molar-refractivity contribution is -0.116. The molecule has 0 aliphatic carbocycles. The molecule has 0 atom stereocenters. The van der Waals surface area contributed by atoms with Gasteiger partial charge in [0.25, 0.3) is 0 Å². The standard InChI is InChI=1S/C16H16BrClN2O4S/c1-20(25(22,23)13-6-4-12(18)5-7-13)10-16(21)19-14-9-11(17)3-8-15(14)24-2/h3-9H,10H2,1-2H3,(H,19,21). The van der Waals surface area contributed by atoms with Crippen molar-refractivity contribution >= 4 is 49.1 Å². The molecule has 134 valence electrons. The largest absolute Gasteiger partial charge is 0.495 e. The quantitative estimate of drug-likeness (QED) is 0.737. The molecule has 0 aliphatic heterocycles. The molecule has 0 aliphatic rings. The van der Waals surface area contributed by atoms with E-state index in [-0.39, 0.29) is 11.4 Å². The summed E-state index contributed by atoms with van der Waals surface area (Å²) in [4.78, 5) is 12.3. The molecule has 0 aromatic heterocycles. The van der Waals surface area contributed by atoms with Crippen LogP contribution in [0.3, 0.4) is 0 Å². The Bertz CT molecular complexity index is 872. The van der Waals surface area contributed by atoms with Crippen molar-refractivity contribution in [2.24, 2.45) is 0 Å². The number of anilines is 1. The molecule has 2 aromatic rings. The third-order valence-electron chi connectivity index (χ3n) is 3.32. The third-order valence-corrected chi connectivity index (χ3v) is 5.89. The van der Waals surface area contributed by atoms with Crippen LogP contribution in [0.4, 0.5) is 5.69 Å². The van der Waals surface area contributed by atoms with Gasteiger partial charge in [0, 0.05) is 16.5 Å². The first-order valence-electron chi connectivity index (χ1n) is 7.09. The van der Waals surface area contributed by atoms with E-state index in [2.05, 4.69) is 21.2 Å². The number of carbonyl (C=O) groups excluding carboxylic acids is 1. The minimum absolute atomic E-state index is 0.0623. The summed E-state index contributed by atoms with van der Waals surface area (Å²) in [6.07, 6.45) is 0. The predicted octanol–water partition coefficient (Wildman–Crippen LogP) is 3.37. The van der Waals surface area contributed by atoms with E-state index < -0.39 is 15.9 Å². The summed E-state index contributed by atoms with van der Waals surface area (Å²) in [5, 5.41) is 3.08. The SMILES string of the molecule is COc1ccc(Br)cc1NC(=O)CN(C)S(=O)(=O)c1ccc(Cl)cc1. The maximum Gasteiger partial charge on any atom is 0.243 e. The minimum atomic E-state index is -3.79. The van der Waals surface area contributed by atoms with Crippen molar-refractivity contribution in [1.82, 2.24) is 4.31 Å². The van der Waals surface area contributed by atoms with Crippen molar-refractivity contribution < 1.29 is 17.9 Å². The van der Waals surface area contributed by atoms with Gasteiger partial charge in [-0.3, -0.25) is 4.79 Å². The topological polar surface area (TPSA) is 75.7 Å². The predicted molar refractivity (Wildman–Crippen MR) is 101 cm³/mol. The first-order chi connectivity index (χ1) is 11.7. The first kappa shape index (κ1) is 19.7. The number of carbonyl (C=O) groups is 1. The normalized spacial score (nSPS) is 11.4. The third kappa shape index (κ3) is 4.94. The van der Waals surface area contributed by atoms with Crippen molar-refractivity contribution in [2.75, 3.05) is 26.0 Å². The fourth-order valence-corrected chi connectivity index (χ4v) is 3.66. The van der Waals surface area contributed by atoms with Crippen LogP contribution < -0.4 is 10.1 Å². The number of likely N-dealkylation sites (N-methyl/N-ethyl adjacent to an activating group) is 1. The number of rotatable bonds is 6. The average Bonchev–Trinajstić information content (AvgIpc) is 2.55. The fraction of sp³-hybridized carbons (Fsp3) is 0.188. The Hall–Kier alpha value is -1.61. The van der Waals surface area contributed by atoms with E-state index in [0.29, 0.717) is 16.5 Å². The van der Waals surface area contributed by atoms with Crippen LogP contribution in [0.5, 0.6) is 5.75 Å². The highest BCUT2D eigenvalue weighted by atomic mass is 79.9. The minimum Gasteiger partial charge on any atom is -0.495 e. The molecule has 0 heterocycles. The Morgan fingerprint density at radius 3 is 2.48 bits per heavy atom. The van der Waals surface area contributed by atoms with Crippen LogP contribution in [0.1, 0.15) is 0 Å². The number of amides is 1. The summed E-state index contributed by atoms with van der Waals surface area (Å²) < 4.78 is 31.9. The molecular weight excluding hydrogens is 432 g/mol. The van der Waals surface area contributed by atoms with Crippen LogP contribution in [-0.2, 0) is 14.8 Å². The molecule has 0 saturated carbocycles. The van der Waals surface area contributed by atoms with Crippen LogP contribution in [0.25, 0.3) is 0 Å². The Balaban J connectivity index is 2.12. The first-order valence-corrected chi connectivity index (χ1v) is 9.70. The van der Waals surface area contributed by atoms with Gasteiger partial charge in [0.2, 0.25) is 15.9 Å². The number of hydrogen-bond acceptors (Lipinski definition) is 4. The lowest BCUT2D eigenvalue weighted by Gasteiger charge is -2.17. The summed E-state index contributed by atoms with van der Waals surface area (Å²) in [6.45, 7) is -0.347. The van der Waals surface area contributed by atoms with E-state index in [9.17, 15) is 13.2 Å². The molecular formula is C16H16BrClN2O4S. The van der Waals surface area contributed by atoms with Crippen LogP contribution in [-0.4, -0.2) is 39.3 Å². The lowest BCUT2D eigenvalue weighted by atomic mass is 10.3. The lowest BCUT2D eigenvalue weighted by Crippen LogP contribution is -2.35. The fourth-order valence-electron chi connectivity index (χ4n) is 2.04. The number of hydrogen-bond donors (Lipinski definition) is 1. The summed E-state index contributed by atoms with van der Waals surface area (Å²) in [6, 6.07) is 10.9. The number of sulfonamides is 1. The van der Waals surface area contributed by atoms with E-state index in [1.54, 1.807) is 18.2 Å². The molecule has 9 heteroatoms. The number of nitrogens with one attached hydrogen (secondary N) is 1. The zero-order valence-corrected chi connectivity index (χ0v) is 16.7. The zero-order valence-electron chi connectivity index (χ0n) is 13.5. The Morgan fingerprint density at radius 1 is 1.24 bits per heavy atom. The van der Waals surface area contributed by atoms with Gasteiger partial charge in [-0.2, -0.15) is 4.31 Å². The van der Waals surface area contributed by atoms with Gasteiger partial charge in [-0.25, -0.2) is 8.42 Å². The van der Waals surface area contributed by atoms with Gasteiger partial charge in [-0.15, -0.1) is 0 Å². The van der Waals surface area contributed by atoms with Gasteiger partial charge in [-0.1, -0.05) is 27.5 Å². The molecule has 25 heavy (non-hydrogen) atoms. The number of benzene rings is 2. The number of nitrogens with zero attached hydrogens (tertiary/aromatic N) is 1. The van der Waals surface area contributed by atoms with Crippen LogP contribution in [0, 0.1) is 0 Å². The number of halogens is 2. The Kier molecular flexibility index (Phi) is 6.45. The molecule has 1 N–H and O–H groups in total. The van der Waals surface area contributed by atoms with Crippen molar-refractivity contribution in [1.29, 1.82) is 0 Å². The summed E-state index contributed by atoms with van der Waals surface area (Å²) in [7, 11) is -0.976. The molecule has 0 spiro atoms. The van der Waals surface area contributed by atoms with Gasteiger partial charge >= 0.3 is 0 Å². The van der Waals surface area contributed by atoms with Crippen molar-refractivity contribution in [3.05, 3.63) is 52.0 Å². The molecule has 2 rings (SSSR count). The molecule has 0 saturated heterocycles. The Morgan fingerprint density at radius 2 is 1.88 bits per heavy atom. The van der Waals surface area contributed by atoms with Crippen LogP contribution >= 0.6 is 27.5 Å². The van der Waals surface area contributed by atoms with E-state index in [4.69, 9.17) is 16.3 Å². The second-order valence-corrected chi connectivity index (χ2v) is 8.50. The average molecular weight is 448 g/mol.